The van der Waals surface area contributed by atoms with Gasteiger partial charge in [0.2, 0.25) is 0 Å². The third-order valence-electron chi connectivity index (χ3n) is 4.32. The molecule has 0 radical (unpaired) electrons. The maximum atomic E-state index is 12.3. The Bertz CT molecular complexity index is 1050. The molecule has 5 heteroatoms. The molecule has 0 fully saturated rings. The molecule has 1 unspecified atom stereocenters. The molecule has 0 saturated heterocycles. The number of benzene rings is 3. The van der Waals surface area contributed by atoms with Crippen LogP contribution in [0.25, 0.3) is 21.7 Å². The van der Waals surface area contributed by atoms with E-state index in [1.807, 2.05) is 43.3 Å². The Morgan fingerprint density at radius 1 is 1.00 bits per heavy atom. The van der Waals surface area contributed by atoms with Crippen LogP contribution in [0.4, 0.5) is 10.5 Å². The van der Waals surface area contributed by atoms with Crippen LogP contribution in [0.15, 0.2) is 66.9 Å². The van der Waals surface area contributed by atoms with Gasteiger partial charge in [-0.1, -0.05) is 36.4 Å². The molecule has 3 aromatic carbocycles. The standard InChI is InChI=1S/C20H18N4O/c1-13(15-7-6-14-4-2-3-5-16(14)10-15)22-20(25)23-18-8-9-19-17(11-18)12-21-24-19/h2-13H,1H3,(H,21,24)(H2,22,23,25). The quantitative estimate of drug-likeness (QED) is 0.514. The minimum absolute atomic E-state index is 0.0951. The highest BCUT2D eigenvalue weighted by molar-refractivity contribution is 5.92. The van der Waals surface area contributed by atoms with Crippen molar-refractivity contribution < 1.29 is 4.79 Å². The Kier molecular flexibility index (Phi) is 3.82. The highest BCUT2D eigenvalue weighted by Crippen LogP contribution is 2.21. The maximum Gasteiger partial charge on any atom is 0.319 e. The van der Waals surface area contributed by atoms with E-state index in [0.29, 0.717) is 0 Å². The Morgan fingerprint density at radius 3 is 2.72 bits per heavy atom. The van der Waals surface area contributed by atoms with Crippen molar-refractivity contribution in [3.8, 4) is 0 Å². The number of H-pyrrole nitrogens is 1. The molecule has 124 valence electrons. The molecule has 2 amide bonds. The summed E-state index contributed by atoms with van der Waals surface area (Å²) in [5.41, 5.74) is 2.74. The molecule has 1 heterocycles. The smallest absolute Gasteiger partial charge is 0.319 e. The predicted molar refractivity (Wildman–Crippen MR) is 101 cm³/mol. The van der Waals surface area contributed by atoms with Crippen LogP contribution in [0.5, 0.6) is 0 Å². The largest absolute Gasteiger partial charge is 0.331 e. The SMILES string of the molecule is CC(NC(=O)Nc1ccc2[nH]ncc2c1)c1ccc2ccccc2c1. The summed E-state index contributed by atoms with van der Waals surface area (Å²) in [5.74, 6) is 0. The van der Waals surface area contributed by atoms with Crippen LogP contribution >= 0.6 is 0 Å². The number of carbonyl (C=O) groups is 1. The van der Waals surface area contributed by atoms with Crippen molar-refractivity contribution in [2.75, 3.05) is 5.32 Å². The van der Waals surface area contributed by atoms with E-state index in [-0.39, 0.29) is 12.1 Å². The lowest BCUT2D eigenvalue weighted by atomic mass is 10.0. The second kappa shape index (κ2) is 6.28. The number of nitrogens with one attached hydrogen (secondary N) is 3. The molecule has 1 aromatic heterocycles. The molecule has 5 nitrogen and oxygen atoms in total. The minimum atomic E-state index is -0.233. The molecule has 3 N–H and O–H groups in total. The Balaban J connectivity index is 1.46. The monoisotopic (exact) mass is 330 g/mol. The van der Waals surface area contributed by atoms with Crippen molar-refractivity contribution in [3.05, 3.63) is 72.4 Å². The molecule has 0 bridgehead atoms. The van der Waals surface area contributed by atoms with E-state index in [1.54, 1.807) is 6.20 Å². The van der Waals surface area contributed by atoms with E-state index in [9.17, 15) is 4.79 Å². The molecule has 25 heavy (non-hydrogen) atoms. The van der Waals surface area contributed by atoms with Gasteiger partial charge >= 0.3 is 6.03 Å². The van der Waals surface area contributed by atoms with E-state index in [2.05, 4.69) is 45.1 Å². The number of urea groups is 1. The first-order valence-corrected chi connectivity index (χ1v) is 8.18. The number of carbonyl (C=O) groups excluding carboxylic acids is 1. The van der Waals surface area contributed by atoms with E-state index in [4.69, 9.17) is 0 Å². The zero-order valence-corrected chi connectivity index (χ0v) is 13.8. The van der Waals surface area contributed by atoms with Crippen molar-refractivity contribution >= 4 is 33.4 Å². The fourth-order valence-corrected chi connectivity index (χ4v) is 2.94. The number of aromatic amines is 1. The lowest BCUT2D eigenvalue weighted by Crippen LogP contribution is -2.31. The lowest BCUT2D eigenvalue weighted by molar-refractivity contribution is 0.249. The zero-order chi connectivity index (χ0) is 17.2. The third kappa shape index (κ3) is 3.17. The molecular weight excluding hydrogens is 312 g/mol. The van der Waals surface area contributed by atoms with Gasteiger partial charge in [0.05, 0.1) is 17.8 Å². The van der Waals surface area contributed by atoms with Gasteiger partial charge in [-0.25, -0.2) is 4.79 Å². The van der Waals surface area contributed by atoms with Gasteiger partial charge in [-0.15, -0.1) is 0 Å². The number of amides is 2. The summed E-state index contributed by atoms with van der Waals surface area (Å²) in [6, 6.07) is 19.7. The number of hydrogen-bond acceptors (Lipinski definition) is 2. The summed E-state index contributed by atoms with van der Waals surface area (Å²) in [6.07, 6.45) is 1.73. The average Bonchev–Trinajstić information content (AvgIpc) is 3.09. The van der Waals surface area contributed by atoms with Crippen LogP contribution in [0.3, 0.4) is 0 Å². The average molecular weight is 330 g/mol. The molecule has 0 saturated carbocycles. The topological polar surface area (TPSA) is 69.8 Å². The van der Waals surface area contributed by atoms with E-state index < -0.39 is 0 Å². The molecule has 0 aliphatic carbocycles. The van der Waals surface area contributed by atoms with Gasteiger partial charge in [-0.05, 0) is 47.5 Å². The van der Waals surface area contributed by atoms with Crippen molar-refractivity contribution in [2.24, 2.45) is 0 Å². The van der Waals surface area contributed by atoms with Gasteiger partial charge in [0.25, 0.3) is 0 Å². The van der Waals surface area contributed by atoms with E-state index in [0.717, 1.165) is 22.2 Å². The van der Waals surface area contributed by atoms with Crippen LogP contribution in [0.2, 0.25) is 0 Å². The third-order valence-corrected chi connectivity index (χ3v) is 4.32. The van der Waals surface area contributed by atoms with Gasteiger partial charge in [0.15, 0.2) is 0 Å². The number of hydrogen-bond donors (Lipinski definition) is 3. The highest BCUT2D eigenvalue weighted by Gasteiger charge is 2.10. The van der Waals surface area contributed by atoms with Gasteiger partial charge in [-0.2, -0.15) is 5.10 Å². The maximum absolute atomic E-state index is 12.3. The van der Waals surface area contributed by atoms with Gasteiger partial charge in [-0.3, -0.25) is 5.10 Å². The fraction of sp³-hybridized carbons (Fsp3) is 0.100. The second-order valence-corrected chi connectivity index (χ2v) is 6.10. The zero-order valence-electron chi connectivity index (χ0n) is 13.8. The molecule has 4 aromatic rings. The molecule has 0 aliphatic heterocycles. The summed E-state index contributed by atoms with van der Waals surface area (Å²) >= 11 is 0. The second-order valence-electron chi connectivity index (χ2n) is 6.10. The summed E-state index contributed by atoms with van der Waals surface area (Å²) in [6.45, 7) is 1.98. The number of anilines is 1. The summed E-state index contributed by atoms with van der Waals surface area (Å²) in [5, 5.41) is 16.0. The Morgan fingerprint density at radius 2 is 1.84 bits per heavy atom. The van der Waals surface area contributed by atoms with Crippen LogP contribution in [-0.4, -0.2) is 16.2 Å². The molecule has 0 aliphatic rings. The summed E-state index contributed by atoms with van der Waals surface area (Å²) in [7, 11) is 0. The van der Waals surface area contributed by atoms with E-state index in [1.165, 1.54) is 10.8 Å². The first-order valence-electron chi connectivity index (χ1n) is 8.18. The predicted octanol–water partition coefficient (Wildman–Crippen LogP) is 4.60. The number of rotatable bonds is 3. The number of nitrogens with zero attached hydrogens (tertiary/aromatic N) is 1. The van der Waals surface area contributed by atoms with Crippen molar-refractivity contribution in [1.82, 2.24) is 15.5 Å². The van der Waals surface area contributed by atoms with Crippen molar-refractivity contribution in [3.63, 3.8) is 0 Å². The number of fused-ring (bicyclic) bond motifs is 2. The summed E-state index contributed by atoms with van der Waals surface area (Å²) in [4.78, 5) is 12.3. The van der Waals surface area contributed by atoms with Crippen LogP contribution in [0, 0.1) is 0 Å². The van der Waals surface area contributed by atoms with Crippen LogP contribution in [0.1, 0.15) is 18.5 Å². The first kappa shape index (κ1) is 15.2. The Hall–Kier alpha value is -3.34. The summed E-state index contributed by atoms with van der Waals surface area (Å²) < 4.78 is 0. The molecule has 1 atom stereocenters. The van der Waals surface area contributed by atoms with Crippen molar-refractivity contribution in [1.29, 1.82) is 0 Å². The normalized spacial score (nSPS) is 12.2. The van der Waals surface area contributed by atoms with Crippen molar-refractivity contribution in [2.45, 2.75) is 13.0 Å². The van der Waals surface area contributed by atoms with E-state index >= 15 is 0 Å². The first-order chi connectivity index (χ1) is 12.2. The number of aromatic nitrogens is 2. The van der Waals surface area contributed by atoms with Gasteiger partial charge in [0, 0.05) is 11.1 Å². The molecule has 0 spiro atoms. The molecule has 4 rings (SSSR count). The van der Waals surface area contributed by atoms with Crippen LogP contribution in [-0.2, 0) is 0 Å². The Labute approximate surface area is 145 Å². The minimum Gasteiger partial charge on any atom is -0.331 e. The van der Waals surface area contributed by atoms with Gasteiger partial charge in [0.1, 0.15) is 0 Å². The highest BCUT2D eigenvalue weighted by atomic mass is 16.2. The molecular formula is C20H18N4O. The lowest BCUT2D eigenvalue weighted by Gasteiger charge is -2.16. The van der Waals surface area contributed by atoms with Crippen LogP contribution < -0.4 is 10.6 Å². The fourth-order valence-electron chi connectivity index (χ4n) is 2.94. The van der Waals surface area contributed by atoms with Gasteiger partial charge < -0.3 is 10.6 Å².